The smallest absolute Gasteiger partial charge is 0.325 e. The van der Waals surface area contributed by atoms with E-state index in [1.165, 1.54) is 6.92 Å². The molecule has 2 rings (SSSR count). The van der Waals surface area contributed by atoms with Gasteiger partial charge in [0.2, 0.25) is 5.91 Å². The summed E-state index contributed by atoms with van der Waals surface area (Å²) in [5.74, 6) is -2.90. The third-order valence-electron chi connectivity index (χ3n) is 3.45. The van der Waals surface area contributed by atoms with Gasteiger partial charge in [-0.3, -0.25) is 9.59 Å². The fourth-order valence-corrected chi connectivity index (χ4v) is 2.13. The van der Waals surface area contributed by atoms with Gasteiger partial charge in [0.25, 0.3) is 0 Å². The molecule has 1 aromatic rings. The minimum atomic E-state index is -4.47. The van der Waals surface area contributed by atoms with Crippen LogP contribution in [-0.4, -0.2) is 11.7 Å². The number of ketones is 1. The molecule has 1 amide bonds. The SMILES string of the molecule is Cc1cc(NC(=O)C(C#N)C(=O)C2CC2)ccc1C(F)(F)F. The Kier molecular flexibility index (Phi) is 4.22. The molecule has 0 spiro atoms. The van der Waals surface area contributed by atoms with E-state index in [1.807, 2.05) is 0 Å². The Labute approximate surface area is 124 Å². The van der Waals surface area contributed by atoms with Crippen LogP contribution in [0, 0.1) is 30.1 Å². The molecule has 1 N–H and O–H groups in total. The van der Waals surface area contributed by atoms with Gasteiger partial charge in [-0.25, -0.2) is 0 Å². The molecule has 1 aliphatic rings. The molecule has 1 saturated carbocycles. The Hall–Kier alpha value is -2.36. The number of hydrogen-bond donors (Lipinski definition) is 1. The van der Waals surface area contributed by atoms with Crippen molar-refractivity contribution >= 4 is 17.4 Å². The second-order valence-corrected chi connectivity index (χ2v) is 5.26. The molecule has 1 fully saturated rings. The predicted molar refractivity (Wildman–Crippen MR) is 71.6 cm³/mol. The summed E-state index contributed by atoms with van der Waals surface area (Å²) in [7, 11) is 0. The van der Waals surface area contributed by atoms with Gasteiger partial charge in [-0.2, -0.15) is 18.4 Å². The van der Waals surface area contributed by atoms with E-state index in [4.69, 9.17) is 5.26 Å². The van der Waals surface area contributed by atoms with Crippen LogP contribution < -0.4 is 5.32 Å². The zero-order valence-electron chi connectivity index (χ0n) is 11.7. The maximum atomic E-state index is 12.7. The summed E-state index contributed by atoms with van der Waals surface area (Å²) in [4.78, 5) is 23.7. The molecule has 0 saturated heterocycles. The Morgan fingerprint density at radius 3 is 2.45 bits per heavy atom. The molecule has 4 nitrogen and oxygen atoms in total. The molecule has 0 aliphatic heterocycles. The second-order valence-electron chi connectivity index (χ2n) is 5.26. The summed E-state index contributed by atoms with van der Waals surface area (Å²) in [6, 6.07) is 4.77. The van der Waals surface area contributed by atoms with Crippen molar-refractivity contribution in [3.63, 3.8) is 0 Å². The molecule has 116 valence electrons. The van der Waals surface area contributed by atoms with Crippen LogP contribution in [0.4, 0.5) is 18.9 Å². The summed E-state index contributed by atoms with van der Waals surface area (Å²) in [5.41, 5.74) is -0.719. The number of aryl methyl sites for hydroxylation is 1. The zero-order valence-corrected chi connectivity index (χ0v) is 11.7. The number of alkyl halides is 3. The number of carbonyl (C=O) groups excluding carboxylic acids is 2. The monoisotopic (exact) mass is 310 g/mol. The third-order valence-corrected chi connectivity index (χ3v) is 3.45. The van der Waals surface area contributed by atoms with Crippen LogP contribution in [0.3, 0.4) is 0 Å². The van der Waals surface area contributed by atoms with Crippen molar-refractivity contribution in [1.29, 1.82) is 5.26 Å². The number of amides is 1. The quantitative estimate of drug-likeness (QED) is 0.869. The molecule has 1 aromatic carbocycles. The first-order chi connectivity index (χ1) is 10.2. The van der Waals surface area contributed by atoms with Crippen molar-refractivity contribution in [2.45, 2.75) is 25.9 Å². The third kappa shape index (κ3) is 3.45. The first-order valence-corrected chi connectivity index (χ1v) is 6.66. The van der Waals surface area contributed by atoms with E-state index in [0.29, 0.717) is 12.8 Å². The van der Waals surface area contributed by atoms with Gasteiger partial charge in [0, 0.05) is 11.6 Å². The number of anilines is 1. The molecule has 0 aromatic heterocycles. The lowest BCUT2D eigenvalue weighted by Crippen LogP contribution is -2.29. The minimum absolute atomic E-state index is 0.0488. The van der Waals surface area contributed by atoms with Crippen LogP contribution in [0.25, 0.3) is 0 Å². The molecule has 0 heterocycles. The highest BCUT2D eigenvalue weighted by Crippen LogP contribution is 2.34. The van der Waals surface area contributed by atoms with Crippen molar-refractivity contribution in [2.24, 2.45) is 11.8 Å². The Morgan fingerprint density at radius 1 is 1.36 bits per heavy atom. The highest BCUT2D eigenvalue weighted by Gasteiger charge is 2.38. The summed E-state index contributed by atoms with van der Waals surface area (Å²) in [6.07, 6.45) is -3.13. The summed E-state index contributed by atoms with van der Waals surface area (Å²) in [5, 5.41) is 11.3. The van der Waals surface area contributed by atoms with E-state index in [-0.39, 0.29) is 17.2 Å². The minimum Gasteiger partial charge on any atom is -0.325 e. The van der Waals surface area contributed by atoms with Crippen molar-refractivity contribution in [3.05, 3.63) is 29.3 Å². The molecule has 0 bridgehead atoms. The summed E-state index contributed by atoms with van der Waals surface area (Å²) >= 11 is 0. The number of benzene rings is 1. The number of nitriles is 1. The average molecular weight is 310 g/mol. The Balaban J connectivity index is 2.13. The van der Waals surface area contributed by atoms with Crippen LogP contribution in [0.2, 0.25) is 0 Å². The maximum absolute atomic E-state index is 12.7. The van der Waals surface area contributed by atoms with Crippen molar-refractivity contribution in [1.82, 2.24) is 0 Å². The van der Waals surface area contributed by atoms with E-state index >= 15 is 0 Å². The van der Waals surface area contributed by atoms with Gasteiger partial charge in [0.15, 0.2) is 11.7 Å². The van der Waals surface area contributed by atoms with E-state index in [2.05, 4.69) is 5.32 Å². The van der Waals surface area contributed by atoms with Crippen molar-refractivity contribution in [3.8, 4) is 6.07 Å². The Bertz CT molecular complexity index is 658. The largest absolute Gasteiger partial charge is 0.416 e. The van der Waals surface area contributed by atoms with Gasteiger partial charge in [-0.05, 0) is 43.5 Å². The first-order valence-electron chi connectivity index (χ1n) is 6.66. The summed E-state index contributed by atoms with van der Waals surface area (Å²) in [6.45, 7) is 1.27. The van der Waals surface area contributed by atoms with E-state index in [1.54, 1.807) is 6.07 Å². The van der Waals surface area contributed by atoms with Gasteiger partial charge in [0.05, 0.1) is 11.6 Å². The predicted octanol–water partition coefficient (Wildman–Crippen LogP) is 3.07. The highest BCUT2D eigenvalue weighted by molar-refractivity contribution is 6.10. The molecule has 22 heavy (non-hydrogen) atoms. The van der Waals surface area contributed by atoms with Crippen molar-refractivity contribution < 1.29 is 22.8 Å². The number of Topliss-reactive ketones (excluding diaryl/α,β-unsaturated/α-hetero) is 1. The maximum Gasteiger partial charge on any atom is 0.416 e. The van der Waals surface area contributed by atoms with E-state index in [9.17, 15) is 22.8 Å². The average Bonchev–Trinajstić information content (AvgIpc) is 3.21. The molecular weight excluding hydrogens is 297 g/mol. The summed E-state index contributed by atoms with van der Waals surface area (Å²) < 4.78 is 38.0. The van der Waals surface area contributed by atoms with Crippen molar-refractivity contribution in [2.75, 3.05) is 5.32 Å². The molecular formula is C15H13F3N2O2. The van der Waals surface area contributed by atoms with Crippen LogP contribution in [-0.2, 0) is 15.8 Å². The van der Waals surface area contributed by atoms with Gasteiger partial charge >= 0.3 is 6.18 Å². The molecule has 7 heteroatoms. The number of hydrogen-bond acceptors (Lipinski definition) is 3. The lowest BCUT2D eigenvalue weighted by molar-refractivity contribution is -0.138. The van der Waals surface area contributed by atoms with Gasteiger partial charge in [0.1, 0.15) is 0 Å². The van der Waals surface area contributed by atoms with Gasteiger partial charge in [-0.1, -0.05) is 0 Å². The fourth-order valence-electron chi connectivity index (χ4n) is 2.13. The van der Waals surface area contributed by atoms with Crippen LogP contribution >= 0.6 is 0 Å². The second kappa shape index (κ2) is 5.79. The Morgan fingerprint density at radius 2 is 2.00 bits per heavy atom. The van der Waals surface area contributed by atoms with Crippen LogP contribution in [0.5, 0.6) is 0 Å². The molecule has 1 atom stereocenters. The molecule has 1 unspecified atom stereocenters. The lowest BCUT2D eigenvalue weighted by atomic mass is 10.0. The van der Waals surface area contributed by atoms with Crippen LogP contribution in [0.1, 0.15) is 24.0 Å². The number of rotatable bonds is 4. The van der Waals surface area contributed by atoms with E-state index < -0.39 is 29.3 Å². The standard InChI is InChI=1S/C15H13F3N2O2/c1-8-6-10(4-5-12(8)15(16,17)18)20-14(22)11(7-19)13(21)9-2-3-9/h4-6,9,11H,2-3H2,1H3,(H,20,22). The normalized spacial score (nSPS) is 15.8. The fraction of sp³-hybridized carbons (Fsp3) is 0.400. The first kappa shape index (κ1) is 16.0. The number of nitrogens with zero attached hydrogens (tertiary/aromatic N) is 1. The number of nitrogens with one attached hydrogen (secondary N) is 1. The molecule has 0 radical (unpaired) electrons. The molecule has 1 aliphatic carbocycles. The number of carbonyl (C=O) groups is 2. The lowest BCUT2D eigenvalue weighted by Gasteiger charge is -2.13. The zero-order chi connectivity index (χ0) is 16.5. The topological polar surface area (TPSA) is 70.0 Å². The van der Waals surface area contributed by atoms with Gasteiger partial charge in [-0.15, -0.1) is 0 Å². The van der Waals surface area contributed by atoms with Gasteiger partial charge < -0.3 is 5.32 Å². The van der Waals surface area contributed by atoms with Crippen LogP contribution in [0.15, 0.2) is 18.2 Å². The highest BCUT2D eigenvalue weighted by atomic mass is 19.4. The van der Waals surface area contributed by atoms with E-state index in [0.717, 1.165) is 18.2 Å². The number of halogens is 3.